The average molecular weight is 337 g/mol. The first-order valence-corrected chi connectivity index (χ1v) is 10.3. The Morgan fingerprint density at radius 3 is 2.17 bits per heavy atom. The van der Waals surface area contributed by atoms with Crippen LogP contribution in [0, 0.1) is 0 Å². The summed E-state index contributed by atoms with van der Waals surface area (Å²) in [6, 6.07) is 3.82. The van der Waals surface area contributed by atoms with Gasteiger partial charge in [0.1, 0.15) is 10.6 Å². The van der Waals surface area contributed by atoms with Crippen molar-refractivity contribution in [3.63, 3.8) is 0 Å². The van der Waals surface area contributed by atoms with E-state index in [4.69, 9.17) is 4.74 Å². The Hall–Kier alpha value is -1.07. The van der Waals surface area contributed by atoms with Gasteiger partial charge in [0.05, 0.1) is 7.11 Å². The number of benzene rings is 1. The van der Waals surface area contributed by atoms with Crippen LogP contribution in [0.25, 0.3) is 0 Å². The summed E-state index contributed by atoms with van der Waals surface area (Å²) in [5.41, 5.74) is 2.40. The number of hydrogen-bond donors (Lipinski definition) is 1. The molecule has 128 valence electrons. The summed E-state index contributed by atoms with van der Waals surface area (Å²) in [4.78, 5) is 0.310. The maximum atomic E-state index is 12.9. The number of ether oxygens (including phenoxy) is 1. The highest BCUT2D eigenvalue weighted by Gasteiger charge is 2.26. The van der Waals surface area contributed by atoms with Gasteiger partial charge in [-0.1, -0.05) is 25.7 Å². The van der Waals surface area contributed by atoms with Crippen LogP contribution in [0.2, 0.25) is 0 Å². The monoisotopic (exact) mass is 337 g/mol. The van der Waals surface area contributed by atoms with E-state index in [2.05, 4.69) is 4.72 Å². The Labute approximate surface area is 139 Å². The first kappa shape index (κ1) is 16.8. The normalized spacial score (nSPS) is 19.9. The summed E-state index contributed by atoms with van der Waals surface area (Å²) < 4.78 is 34.1. The fourth-order valence-electron chi connectivity index (χ4n) is 3.79. The fraction of sp³-hybridized carbons (Fsp3) is 0.667. The zero-order chi connectivity index (χ0) is 16.3. The predicted molar refractivity (Wildman–Crippen MR) is 91.4 cm³/mol. The molecule has 5 heteroatoms. The molecule has 0 radical (unpaired) electrons. The number of rotatable bonds is 4. The molecule has 3 rings (SSSR count). The van der Waals surface area contributed by atoms with Crippen molar-refractivity contribution in [3.8, 4) is 5.75 Å². The molecular weight excluding hydrogens is 310 g/mol. The smallest absolute Gasteiger partial charge is 0.244 e. The number of nitrogens with one attached hydrogen (secondary N) is 1. The van der Waals surface area contributed by atoms with Crippen LogP contribution in [0.3, 0.4) is 0 Å². The minimum Gasteiger partial charge on any atom is -0.495 e. The quantitative estimate of drug-likeness (QED) is 0.855. The topological polar surface area (TPSA) is 55.4 Å². The van der Waals surface area contributed by atoms with Gasteiger partial charge in [0.2, 0.25) is 10.0 Å². The first-order valence-electron chi connectivity index (χ1n) is 8.82. The molecule has 2 aliphatic carbocycles. The highest BCUT2D eigenvalue weighted by Crippen LogP contribution is 2.32. The second-order valence-electron chi connectivity index (χ2n) is 6.79. The molecule has 1 N–H and O–H groups in total. The Kier molecular flexibility index (Phi) is 5.27. The SMILES string of the molecule is COc1cc2c(cc1S(=O)(=O)NC1CCCCCC1)CCCC2. The van der Waals surface area contributed by atoms with Gasteiger partial charge < -0.3 is 4.74 Å². The summed E-state index contributed by atoms with van der Waals surface area (Å²) >= 11 is 0. The molecule has 0 bridgehead atoms. The molecule has 0 atom stereocenters. The van der Waals surface area contributed by atoms with Gasteiger partial charge in [-0.25, -0.2) is 13.1 Å². The third-order valence-corrected chi connectivity index (χ3v) is 6.64. The van der Waals surface area contributed by atoms with Crippen molar-refractivity contribution < 1.29 is 13.2 Å². The molecule has 0 spiro atoms. The maximum Gasteiger partial charge on any atom is 0.244 e. The molecule has 0 heterocycles. The second-order valence-corrected chi connectivity index (χ2v) is 8.47. The molecule has 4 nitrogen and oxygen atoms in total. The highest BCUT2D eigenvalue weighted by atomic mass is 32.2. The van der Waals surface area contributed by atoms with Crippen molar-refractivity contribution in [2.45, 2.75) is 75.1 Å². The van der Waals surface area contributed by atoms with Crippen LogP contribution >= 0.6 is 0 Å². The van der Waals surface area contributed by atoms with E-state index in [0.29, 0.717) is 10.6 Å². The lowest BCUT2D eigenvalue weighted by Crippen LogP contribution is -2.34. The van der Waals surface area contributed by atoms with Gasteiger partial charge >= 0.3 is 0 Å². The van der Waals surface area contributed by atoms with E-state index in [0.717, 1.165) is 44.9 Å². The molecule has 1 aromatic rings. The number of fused-ring (bicyclic) bond motifs is 1. The van der Waals surface area contributed by atoms with Crippen molar-refractivity contribution >= 4 is 10.0 Å². The average Bonchev–Trinajstić information content (AvgIpc) is 2.81. The fourth-order valence-corrected chi connectivity index (χ4v) is 5.30. The maximum absolute atomic E-state index is 12.9. The van der Waals surface area contributed by atoms with E-state index >= 15 is 0 Å². The lowest BCUT2D eigenvalue weighted by molar-refractivity contribution is 0.400. The van der Waals surface area contributed by atoms with Crippen molar-refractivity contribution in [1.82, 2.24) is 4.72 Å². The lowest BCUT2D eigenvalue weighted by atomic mass is 9.92. The van der Waals surface area contributed by atoms with E-state index in [1.165, 1.54) is 30.4 Å². The van der Waals surface area contributed by atoms with Crippen LogP contribution < -0.4 is 9.46 Å². The Morgan fingerprint density at radius 2 is 1.57 bits per heavy atom. The van der Waals surface area contributed by atoms with Gasteiger partial charge in [0, 0.05) is 6.04 Å². The number of sulfonamides is 1. The van der Waals surface area contributed by atoms with E-state index in [1.54, 1.807) is 7.11 Å². The zero-order valence-electron chi connectivity index (χ0n) is 13.9. The van der Waals surface area contributed by atoms with Crippen molar-refractivity contribution in [2.75, 3.05) is 7.11 Å². The van der Waals surface area contributed by atoms with Gasteiger partial charge in [-0.2, -0.15) is 0 Å². The largest absolute Gasteiger partial charge is 0.495 e. The van der Waals surface area contributed by atoms with E-state index in [1.807, 2.05) is 12.1 Å². The zero-order valence-corrected chi connectivity index (χ0v) is 14.8. The standard InChI is InChI=1S/C18H27NO3S/c1-22-17-12-14-8-6-7-9-15(14)13-18(17)23(20,21)19-16-10-4-2-3-5-11-16/h12-13,16,19H,2-11H2,1H3. The van der Waals surface area contributed by atoms with Crippen LogP contribution in [0.1, 0.15) is 62.5 Å². The Morgan fingerprint density at radius 1 is 0.957 bits per heavy atom. The van der Waals surface area contributed by atoms with Crippen LogP contribution in [-0.4, -0.2) is 21.6 Å². The van der Waals surface area contributed by atoms with Gasteiger partial charge in [-0.05, 0) is 61.8 Å². The van der Waals surface area contributed by atoms with Crippen molar-refractivity contribution in [3.05, 3.63) is 23.3 Å². The number of aryl methyl sites for hydroxylation is 2. The van der Waals surface area contributed by atoms with Gasteiger partial charge in [-0.15, -0.1) is 0 Å². The third kappa shape index (κ3) is 3.89. The van der Waals surface area contributed by atoms with Gasteiger partial charge in [-0.3, -0.25) is 0 Å². The first-order chi connectivity index (χ1) is 11.1. The van der Waals surface area contributed by atoms with Crippen molar-refractivity contribution in [2.24, 2.45) is 0 Å². The summed E-state index contributed by atoms with van der Waals surface area (Å²) in [6.45, 7) is 0. The lowest BCUT2D eigenvalue weighted by Gasteiger charge is -2.21. The molecule has 0 aliphatic heterocycles. The van der Waals surface area contributed by atoms with Crippen LogP contribution in [0.15, 0.2) is 17.0 Å². The van der Waals surface area contributed by atoms with Gasteiger partial charge in [0.15, 0.2) is 0 Å². The van der Waals surface area contributed by atoms with Gasteiger partial charge in [0.25, 0.3) is 0 Å². The summed E-state index contributed by atoms with van der Waals surface area (Å²) in [6.07, 6.45) is 10.8. The van der Waals surface area contributed by atoms with Crippen LogP contribution in [-0.2, 0) is 22.9 Å². The van der Waals surface area contributed by atoms with Crippen molar-refractivity contribution in [1.29, 1.82) is 0 Å². The van der Waals surface area contributed by atoms with E-state index < -0.39 is 10.0 Å². The molecular formula is C18H27NO3S. The number of methoxy groups -OCH3 is 1. The molecule has 1 saturated carbocycles. The molecule has 0 aromatic heterocycles. The van der Waals surface area contributed by atoms with E-state index in [9.17, 15) is 8.42 Å². The summed E-state index contributed by atoms with van der Waals surface area (Å²) in [7, 11) is -1.98. The Balaban J connectivity index is 1.88. The molecule has 23 heavy (non-hydrogen) atoms. The van der Waals surface area contributed by atoms with Crippen LogP contribution in [0.4, 0.5) is 0 Å². The number of hydrogen-bond acceptors (Lipinski definition) is 3. The minimum atomic E-state index is -3.53. The van der Waals surface area contributed by atoms with Crippen LogP contribution in [0.5, 0.6) is 5.75 Å². The highest BCUT2D eigenvalue weighted by molar-refractivity contribution is 7.89. The molecule has 0 saturated heterocycles. The minimum absolute atomic E-state index is 0.0586. The molecule has 0 amide bonds. The summed E-state index contributed by atoms with van der Waals surface area (Å²) in [5, 5.41) is 0. The second kappa shape index (κ2) is 7.22. The molecule has 1 aromatic carbocycles. The molecule has 1 fully saturated rings. The summed E-state index contributed by atoms with van der Waals surface area (Å²) in [5.74, 6) is 0.478. The molecule has 2 aliphatic rings. The Bertz CT molecular complexity index is 646. The van der Waals surface area contributed by atoms with E-state index in [-0.39, 0.29) is 6.04 Å². The molecule has 0 unspecified atom stereocenters. The predicted octanol–water partition coefficient (Wildman–Crippen LogP) is 3.58. The third-order valence-electron chi connectivity index (χ3n) is 5.09.